The maximum Gasteiger partial charge on any atom is 0.226 e. The van der Waals surface area contributed by atoms with Crippen LogP contribution in [0.3, 0.4) is 0 Å². The maximum absolute atomic E-state index is 12.2. The molecule has 1 amide bonds. The fraction of sp³-hybridized carbons (Fsp3) is 0.391. The molecule has 0 spiro atoms. The van der Waals surface area contributed by atoms with Gasteiger partial charge in [-0.3, -0.25) is 9.59 Å². The summed E-state index contributed by atoms with van der Waals surface area (Å²) >= 11 is 1.59. The van der Waals surface area contributed by atoms with Crippen LogP contribution in [0.25, 0.3) is 10.7 Å². The Morgan fingerprint density at radius 2 is 1.93 bits per heavy atom. The van der Waals surface area contributed by atoms with E-state index in [1.807, 2.05) is 49.6 Å². The maximum atomic E-state index is 12.2. The van der Waals surface area contributed by atoms with Crippen LogP contribution in [0.5, 0.6) is 0 Å². The topological polar surface area (TPSA) is 85.1 Å². The smallest absolute Gasteiger partial charge is 0.226 e. The Morgan fingerprint density at radius 3 is 2.70 bits per heavy atom. The van der Waals surface area contributed by atoms with Gasteiger partial charge < -0.3 is 9.84 Å². The van der Waals surface area contributed by atoms with Gasteiger partial charge in [0.25, 0.3) is 0 Å². The van der Waals surface area contributed by atoms with E-state index < -0.39 is 0 Å². The zero-order chi connectivity index (χ0) is 21.3. The first-order valence-electron chi connectivity index (χ1n) is 10.3. The molecule has 0 aliphatic carbocycles. The van der Waals surface area contributed by atoms with E-state index in [0.717, 1.165) is 41.7 Å². The van der Waals surface area contributed by atoms with E-state index in [4.69, 9.17) is 4.52 Å². The zero-order valence-corrected chi connectivity index (χ0v) is 18.3. The zero-order valence-electron chi connectivity index (χ0n) is 17.4. The van der Waals surface area contributed by atoms with Crippen molar-refractivity contribution in [1.29, 1.82) is 0 Å². The number of amides is 1. The fourth-order valence-electron chi connectivity index (χ4n) is 3.04. The quantitative estimate of drug-likeness (QED) is 0.349. The van der Waals surface area contributed by atoms with Crippen molar-refractivity contribution >= 4 is 23.0 Å². The molecule has 0 radical (unpaired) electrons. The molecule has 0 bridgehead atoms. The summed E-state index contributed by atoms with van der Waals surface area (Å²) in [6, 6.07) is 9.60. The molecule has 6 nitrogen and oxygen atoms in total. The molecule has 0 atom stereocenters. The van der Waals surface area contributed by atoms with Crippen molar-refractivity contribution in [2.24, 2.45) is 0 Å². The summed E-state index contributed by atoms with van der Waals surface area (Å²) in [7, 11) is 0. The van der Waals surface area contributed by atoms with Gasteiger partial charge in [0.2, 0.25) is 17.6 Å². The molecule has 2 heterocycles. The minimum Gasteiger partial charge on any atom is -0.356 e. The third-order valence-electron chi connectivity index (χ3n) is 5.01. The molecule has 3 aromatic rings. The molecule has 2 aromatic heterocycles. The van der Waals surface area contributed by atoms with Crippen LogP contribution in [0.1, 0.15) is 59.5 Å². The van der Waals surface area contributed by atoms with Crippen molar-refractivity contribution in [2.45, 2.75) is 52.4 Å². The second-order valence-electron chi connectivity index (χ2n) is 7.37. The monoisotopic (exact) mass is 425 g/mol. The lowest BCUT2D eigenvalue weighted by Crippen LogP contribution is -2.24. The first-order chi connectivity index (χ1) is 14.5. The summed E-state index contributed by atoms with van der Waals surface area (Å²) in [5.41, 5.74) is 2.93. The highest BCUT2D eigenvalue weighted by Gasteiger charge is 2.11. The number of benzene rings is 1. The predicted octanol–water partition coefficient (Wildman–Crippen LogP) is 4.91. The van der Waals surface area contributed by atoms with Crippen LogP contribution in [-0.2, 0) is 11.2 Å². The molecule has 30 heavy (non-hydrogen) atoms. The van der Waals surface area contributed by atoms with Gasteiger partial charge in [-0.2, -0.15) is 4.98 Å². The van der Waals surface area contributed by atoms with Crippen molar-refractivity contribution in [1.82, 2.24) is 15.5 Å². The number of ketones is 1. The lowest BCUT2D eigenvalue weighted by Gasteiger charge is -2.06. The number of nitrogens with zero attached hydrogens (tertiary/aromatic N) is 2. The summed E-state index contributed by atoms with van der Waals surface area (Å²) in [5, 5.41) is 8.88. The normalized spacial score (nSPS) is 10.9. The van der Waals surface area contributed by atoms with Gasteiger partial charge in [0.15, 0.2) is 5.78 Å². The number of aryl methyl sites for hydroxylation is 3. The highest BCUT2D eigenvalue weighted by molar-refractivity contribution is 7.13. The van der Waals surface area contributed by atoms with Crippen molar-refractivity contribution in [3.8, 4) is 10.7 Å². The van der Waals surface area contributed by atoms with Crippen LogP contribution in [0.2, 0.25) is 0 Å². The van der Waals surface area contributed by atoms with Crippen LogP contribution in [0, 0.1) is 13.8 Å². The van der Waals surface area contributed by atoms with E-state index in [0.29, 0.717) is 23.8 Å². The van der Waals surface area contributed by atoms with Gasteiger partial charge in [-0.25, -0.2) is 0 Å². The summed E-state index contributed by atoms with van der Waals surface area (Å²) in [6.45, 7) is 4.61. The number of carbonyl (C=O) groups excluding carboxylic acids is 2. The Hall–Kier alpha value is -2.80. The van der Waals surface area contributed by atoms with Gasteiger partial charge in [0, 0.05) is 31.4 Å². The number of hydrogen-bond donors (Lipinski definition) is 1. The average molecular weight is 426 g/mol. The van der Waals surface area contributed by atoms with Crippen molar-refractivity contribution in [3.63, 3.8) is 0 Å². The molecule has 0 aliphatic heterocycles. The van der Waals surface area contributed by atoms with E-state index in [1.54, 1.807) is 11.3 Å². The van der Waals surface area contributed by atoms with E-state index in [1.165, 1.54) is 0 Å². The van der Waals surface area contributed by atoms with Crippen LogP contribution >= 0.6 is 11.3 Å². The van der Waals surface area contributed by atoms with Gasteiger partial charge in [0.05, 0.1) is 4.88 Å². The number of hydrogen-bond acceptors (Lipinski definition) is 6. The molecule has 0 saturated carbocycles. The molecule has 0 saturated heterocycles. The second-order valence-corrected chi connectivity index (χ2v) is 8.32. The Bertz CT molecular complexity index is 980. The molecular weight excluding hydrogens is 398 g/mol. The second kappa shape index (κ2) is 10.8. The van der Waals surface area contributed by atoms with Crippen LogP contribution < -0.4 is 5.32 Å². The highest BCUT2D eigenvalue weighted by Crippen LogP contribution is 2.21. The van der Waals surface area contributed by atoms with Crippen molar-refractivity contribution in [3.05, 3.63) is 58.3 Å². The fourth-order valence-corrected chi connectivity index (χ4v) is 3.69. The van der Waals surface area contributed by atoms with Crippen molar-refractivity contribution < 1.29 is 14.1 Å². The lowest BCUT2D eigenvalue weighted by atomic mass is 10.0. The number of thiophene rings is 1. The SMILES string of the molecule is Cc1ccc(C(=O)CCC(=O)NCCCCCc2nc(-c3cccs3)no2)cc1C. The molecule has 7 heteroatoms. The van der Waals surface area contributed by atoms with Crippen LogP contribution in [0.15, 0.2) is 40.2 Å². The minimum absolute atomic E-state index is 0.00900. The Kier molecular flexibility index (Phi) is 7.90. The minimum atomic E-state index is -0.0790. The third kappa shape index (κ3) is 6.35. The van der Waals surface area contributed by atoms with E-state index in [2.05, 4.69) is 15.5 Å². The average Bonchev–Trinajstić information content (AvgIpc) is 3.42. The van der Waals surface area contributed by atoms with E-state index in [9.17, 15) is 9.59 Å². The van der Waals surface area contributed by atoms with Gasteiger partial charge in [-0.05, 0) is 55.3 Å². The summed E-state index contributed by atoms with van der Waals surface area (Å²) < 4.78 is 5.28. The Labute approximate surface area is 180 Å². The summed E-state index contributed by atoms with van der Waals surface area (Å²) in [5.74, 6) is 1.22. The molecule has 0 unspecified atom stereocenters. The lowest BCUT2D eigenvalue weighted by molar-refractivity contribution is -0.121. The van der Waals surface area contributed by atoms with Gasteiger partial charge in [-0.15, -0.1) is 11.3 Å². The first kappa shape index (κ1) is 21.9. The van der Waals surface area contributed by atoms with Crippen molar-refractivity contribution in [2.75, 3.05) is 6.54 Å². The predicted molar refractivity (Wildman–Crippen MR) is 118 cm³/mol. The molecule has 0 fully saturated rings. The number of Topliss-reactive ketones (excluding diaryl/α,β-unsaturated/α-hetero) is 1. The van der Waals surface area contributed by atoms with Gasteiger partial charge >= 0.3 is 0 Å². The number of rotatable bonds is 11. The van der Waals surface area contributed by atoms with Crippen LogP contribution in [0.4, 0.5) is 0 Å². The third-order valence-corrected chi connectivity index (χ3v) is 5.87. The van der Waals surface area contributed by atoms with Crippen LogP contribution in [-0.4, -0.2) is 28.4 Å². The number of aromatic nitrogens is 2. The number of carbonyl (C=O) groups is 2. The molecular formula is C23H27N3O3S. The number of nitrogens with one attached hydrogen (secondary N) is 1. The summed E-state index contributed by atoms with van der Waals surface area (Å²) in [6.07, 6.45) is 3.95. The van der Waals surface area contributed by atoms with Gasteiger partial charge in [0.1, 0.15) is 0 Å². The van der Waals surface area contributed by atoms with Gasteiger partial charge in [-0.1, -0.05) is 29.8 Å². The standard InChI is InChI=1S/C23H27N3O3S/c1-16-9-10-18(15-17(16)2)19(27)11-12-21(28)24-13-5-3-4-8-22-25-23(26-29-22)20-7-6-14-30-20/h6-7,9-10,14-15H,3-5,8,11-13H2,1-2H3,(H,24,28). The van der Waals surface area contributed by atoms with E-state index >= 15 is 0 Å². The highest BCUT2D eigenvalue weighted by atomic mass is 32.1. The molecule has 3 rings (SSSR count). The molecule has 1 N–H and O–H groups in total. The Balaban J connectivity index is 1.27. The Morgan fingerprint density at radius 1 is 1.07 bits per heavy atom. The molecule has 158 valence electrons. The number of unbranched alkanes of at least 4 members (excludes halogenated alkanes) is 2. The first-order valence-corrected chi connectivity index (χ1v) is 11.1. The van der Waals surface area contributed by atoms with E-state index in [-0.39, 0.29) is 24.5 Å². The summed E-state index contributed by atoms with van der Waals surface area (Å²) in [4.78, 5) is 29.6. The largest absolute Gasteiger partial charge is 0.356 e. The molecule has 1 aromatic carbocycles. The molecule has 0 aliphatic rings.